The molecule has 0 aromatic heterocycles. The number of ether oxygens (including phenoxy) is 1. The second-order valence-electron chi connectivity index (χ2n) is 3.93. The number of halogens is 3. The van der Waals surface area contributed by atoms with E-state index in [0.717, 1.165) is 0 Å². The van der Waals surface area contributed by atoms with Crippen LogP contribution in [0.1, 0.15) is 17.4 Å². The van der Waals surface area contributed by atoms with Crippen LogP contribution in [0, 0.1) is 5.82 Å². The highest BCUT2D eigenvalue weighted by molar-refractivity contribution is 6.31. The second-order valence-corrected chi connectivity index (χ2v) is 4.77. The van der Waals surface area contributed by atoms with Gasteiger partial charge in [-0.05, 0) is 18.2 Å². The van der Waals surface area contributed by atoms with E-state index in [4.69, 9.17) is 27.9 Å². The van der Waals surface area contributed by atoms with Crippen LogP contribution in [0.15, 0.2) is 42.5 Å². The summed E-state index contributed by atoms with van der Waals surface area (Å²) in [4.78, 5) is 0. The van der Waals surface area contributed by atoms with Crippen molar-refractivity contribution in [1.29, 1.82) is 0 Å². The van der Waals surface area contributed by atoms with Crippen LogP contribution in [0.5, 0.6) is 0 Å². The van der Waals surface area contributed by atoms with Crippen molar-refractivity contribution >= 4 is 23.2 Å². The molecule has 0 saturated heterocycles. The molecular weight excluding hydrogens is 290 g/mol. The van der Waals surface area contributed by atoms with Crippen molar-refractivity contribution in [2.75, 3.05) is 0 Å². The van der Waals surface area contributed by atoms with E-state index >= 15 is 0 Å². The zero-order valence-electron chi connectivity index (χ0n) is 9.82. The summed E-state index contributed by atoms with van der Waals surface area (Å²) in [7, 11) is 0. The molecule has 19 heavy (non-hydrogen) atoms. The second kappa shape index (κ2) is 6.35. The van der Waals surface area contributed by atoms with Crippen LogP contribution in [-0.2, 0) is 11.3 Å². The first-order chi connectivity index (χ1) is 9.08. The van der Waals surface area contributed by atoms with Gasteiger partial charge in [-0.15, -0.1) is 0 Å². The van der Waals surface area contributed by atoms with Crippen molar-refractivity contribution in [3.63, 3.8) is 0 Å². The van der Waals surface area contributed by atoms with E-state index < -0.39 is 12.1 Å². The van der Waals surface area contributed by atoms with Gasteiger partial charge in [0, 0.05) is 16.1 Å². The van der Waals surface area contributed by atoms with Crippen molar-refractivity contribution in [1.82, 2.24) is 0 Å². The van der Waals surface area contributed by atoms with Gasteiger partial charge in [0.15, 0.2) is 6.29 Å². The summed E-state index contributed by atoms with van der Waals surface area (Å²) in [6.07, 6.45) is -1.17. The maximum atomic E-state index is 13.6. The van der Waals surface area contributed by atoms with Crippen molar-refractivity contribution in [3.8, 4) is 0 Å². The summed E-state index contributed by atoms with van der Waals surface area (Å²) in [5.41, 5.74) is 0.795. The molecule has 2 aromatic rings. The Bertz CT molecular complexity index is 575. The highest BCUT2D eigenvalue weighted by Crippen LogP contribution is 2.22. The van der Waals surface area contributed by atoms with Crippen LogP contribution >= 0.6 is 23.2 Å². The molecule has 1 N–H and O–H groups in total. The van der Waals surface area contributed by atoms with E-state index in [2.05, 4.69) is 0 Å². The standard InChI is InChI=1S/C14H11Cl2FO2/c15-11-5-1-3-9(7-11)14(18)19-8-10-4-2-6-12(16)13(10)17/h1-7,14,18H,8H2. The van der Waals surface area contributed by atoms with Crippen LogP contribution in [0.25, 0.3) is 0 Å². The summed E-state index contributed by atoms with van der Waals surface area (Å²) in [6, 6.07) is 11.3. The van der Waals surface area contributed by atoms with Gasteiger partial charge in [-0.2, -0.15) is 0 Å². The lowest BCUT2D eigenvalue weighted by molar-refractivity contribution is -0.112. The molecule has 100 valence electrons. The first-order valence-electron chi connectivity index (χ1n) is 5.56. The van der Waals surface area contributed by atoms with Gasteiger partial charge in [-0.3, -0.25) is 0 Å². The normalized spacial score (nSPS) is 12.4. The molecule has 0 bridgehead atoms. The van der Waals surface area contributed by atoms with E-state index in [-0.39, 0.29) is 17.2 Å². The number of hydrogen-bond acceptors (Lipinski definition) is 2. The minimum atomic E-state index is -1.17. The third-order valence-electron chi connectivity index (χ3n) is 2.56. The number of aliphatic hydroxyl groups excluding tert-OH is 1. The fourth-order valence-corrected chi connectivity index (χ4v) is 1.98. The Hall–Kier alpha value is -1.13. The number of rotatable bonds is 4. The van der Waals surface area contributed by atoms with Crippen molar-refractivity contribution in [2.45, 2.75) is 12.9 Å². The van der Waals surface area contributed by atoms with Gasteiger partial charge >= 0.3 is 0 Å². The number of benzene rings is 2. The highest BCUT2D eigenvalue weighted by Gasteiger charge is 2.11. The predicted octanol–water partition coefficient (Wildman–Crippen LogP) is 4.34. The molecule has 0 amide bonds. The van der Waals surface area contributed by atoms with E-state index in [0.29, 0.717) is 10.6 Å². The molecule has 5 heteroatoms. The molecule has 0 radical (unpaired) electrons. The van der Waals surface area contributed by atoms with Gasteiger partial charge in [0.1, 0.15) is 5.82 Å². The molecule has 0 aliphatic heterocycles. The largest absolute Gasteiger partial charge is 0.364 e. The summed E-state index contributed by atoms with van der Waals surface area (Å²) in [6.45, 7) is -0.0833. The molecule has 2 aromatic carbocycles. The van der Waals surface area contributed by atoms with Gasteiger partial charge in [0.25, 0.3) is 0 Å². The van der Waals surface area contributed by atoms with Gasteiger partial charge in [-0.25, -0.2) is 4.39 Å². The van der Waals surface area contributed by atoms with E-state index in [1.54, 1.807) is 36.4 Å². The third kappa shape index (κ3) is 3.67. The summed E-state index contributed by atoms with van der Waals surface area (Å²) < 4.78 is 18.8. The number of aliphatic hydroxyl groups is 1. The minimum absolute atomic E-state index is 0.0262. The lowest BCUT2D eigenvalue weighted by Gasteiger charge is -2.13. The topological polar surface area (TPSA) is 29.5 Å². The third-order valence-corrected chi connectivity index (χ3v) is 3.09. The SMILES string of the molecule is OC(OCc1cccc(Cl)c1F)c1cccc(Cl)c1. The summed E-state index contributed by atoms with van der Waals surface area (Å²) >= 11 is 11.5. The van der Waals surface area contributed by atoms with Crippen molar-refractivity contribution in [2.24, 2.45) is 0 Å². The molecule has 0 aliphatic rings. The minimum Gasteiger partial charge on any atom is -0.364 e. The Morgan fingerprint density at radius 1 is 1.16 bits per heavy atom. The quantitative estimate of drug-likeness (QED) is 0.851. The van der Waals surface area contributed by atoms with Crippen LogP contribution in [0.2, 0.25) is 10.0 Å². The zero-order valence-corrected chi connectivity index (χ0v) is 11.3. The van der Waals surface area contributed by atoms with Crippen LogP contribution in [0.3, 0.4) is 0 Å². The van der Waals surface area contributed by atoms with Crippen LogP contribution in [0.4, 0.5) is 4.39 Å². The molecule has 0 heterocycles. The fourth-order valence-electron chi connectivity index (χ4n) is 1.59. The molecule has 2 nitrogen and oxygen atoms in total. The molecular formula is C14H11Cl2FO2. The molecule has 1 unspecified atom stereocenters. The molecule has 0 spiro atoms. The summed E-state index contributed by atoms with van der Waals surface area (Å²) in [5, 5.41) is 10.4. The Kier molecular flexibility index (Phi) is 4.77. The maximum absolute atomic E-state index is 13.6. The van der Waals surface area contributed by atoms with Crippen molar-refractivity contribution < 1.29 is 14.2 Å². The first kappa shape index (κ1) is 14.3. The van der Waals surface area contributed by atoms with E-state index in [1.165, 1.54) is 6.07 Å². The Morgan fingerprint density at radius 3 is 2.63 bits per heavy atom. The zero-order chi connectivity index (χ0) is 13.8. The Labute approximate surface area is 120 Å². The van der Waals surface area contributed by atoms with Gasteiger partial charge in [0.05, 0.1) is 11.6 Å². The lowest BCUT2D eigenvalue weighted by Crippen LogP contribution is -2.04. The first-order valence-corrected chi connectivity index (χ1v) is 6.31. The monoisotopic (exact) mass is 300 g/mol. The average Bonchev–Trinajstić information content (AvgIpc) is 2.40. The Balaban J connectivity index is 2.04. The highest BCUT2D eigenvalue weighted by atomic mass is 35.5. The molecule has 0 fully saturated rings. The van der Waals surface area contributed by atoms with Crippen LogP contribution in [-0.4, -0.2) is 5.11 Å². The van der Waals surface area contributed by atoms with Gasteiger partial charge < -0.3 is 9.84 Å². The van der Waals surface area contributed by atoms with E-state index in [1.807, 2.05) is 0 Å². The number of hydrogen-bond donors (Lipinski definition) is 1. The maximum Gasteiger partial charge on any atom is 0.181 e. The van der Waals surface area contributed by atoms with Gasteiger partial charge in [0.2, 0.25) is 0 Å². The summed E-state index contributed by atoms with van der Waals surface area (Å²) in [5.74, 6) is -0.539. The van der Waals surface area contributed by atoms with Crippen LogP contribution < -0.4 is 0 Å². The fraction of sp³-hybridized carbons (Fsp3) is 0.143. The van der Waals surface area contributed by atoms with E-state index in [9.17, 15) is 9.50 Å². The molecule has 0 aliphatic carbocycles. The Morgan fingerprint density at radius 2 is 1.89 bits per heavy atom. The van der Waals surface area contributed by atoms with Crippen molar-refractivity contribution in [3.05, 3.63) is 69.5 Å². The smallest absolute Gasteiger partial charge is 0.181 e. The van der Waals surface area contributed by atoms with Gasteiger partial charge in [-0.1, -0.05) is 47.5 Å². The molecule has 0 saturated carbocycles. The lowest BCUT2D eigenvalue weighted by atomic mass is 10.2. The predicted molar refractivity (Wildman–Crippen MR) is 72.6 cm³/mol. The molecule has 2 rings (SSSR count). The average molecular weight is 301 g/mol. The molecule has 1 atom stereocenters.